The quantitative estimate of drug-likeness (QED) is 0.821. The van der Waals surface area contributed by atoms with Gasteiger partial charge in [-0.25, -0.2) is 0 Å². The van der Waals surface area contributed by atoms with Gasteiger partial charge in [0, 0.05) is 11.4 Å². The number of amides is 1. The molecule has 1 fully saturated rings. The summed E-state index contributed by atoms with van der Waals surface area (Å²) in [4.78, 5) is 16.0. The molecule has 0 unspecified atom stereocenters. The van der Waals surface area contributed by atoms with Gasteiger partial charge >= 0.3 is 0 Å². The van der Waals surface area contributed by atoms with E-state index in [1.807, 2.05) is 25.1 Å². The first kappa shape index (κ1) is 18.0. The lowest BCUT2D eigenvalue weighted by molar-refractivity contribution is -0.123. The van der Waals surface area contributed by atoms with E-state index < -0.39 is 0 Å². The van der Waals surface area contributed by atoms with Crippen LogP contribution in [0.25, 0.3) is 0 Å². The highest BCUT2D eigenvalue weighted by molar-refractivity contribution is 7.10. The summed E-state index contributed by atoms with van der Waals surface area (Å²) in [6.45, 7) is 7.02. The number of likely N-dealkylation sites (tertiary alicyclic amines) is 1. The van der Waals surface area contributed by atoms with E-state index in [0.29, 0.717) is 6.54 Å². The molecular weight excluding hydrogens is 332 g/mol. The molecule has 1 atom stereocenters. The molecule has 1 saturated heterocycles. The standard InChI is InChI=1S/C20H26N2O2S/c1-15-7-8-17(12-16(15)2)24-14-20(23)21-13-18(19-6-5-11-25-19)22-9-3-4-10-22/h5-8,11-12,18H,3-4,9-10,13-14H2,1-2H3,(H,21,23)/t18-/m0/s1. The topological polar surface area (TPSA) is 41.6 Å². The average molecular weight is 359 g/mol. The molecule has 5 heteroatoms. The Bertz CT molecular complexity index is 694. The molecule has 1 N–H and O–H groups in total. The van der Waals surface area contributed by atoms with Crippen LogP contribution in [0.3, 0.4) is 0 Å². The van der Waals surface area contributed by atoms with Gasteiger partial charge in [0.15, 0.2) is 6.61 Å². The molecule has 0 bridgehead atoms. The third-order valence-electron chi connectivity index (χ3n) is 4.79. The van der Waals surface area contributed by atoms with E-state index in [-0.39, 0.29) is 18.6 Å². The lowest BCUT2D eigenvalue weighted by Crippen LogP contribution is -2.38. The van der Waals surface area contributed by atoms with Gasteiger partial charge in [0.25, 0.3) is 5.91 Å². The minimum absolute atomic E-state index is 0.0552. The van der Waals surface area contributed by atoms with Gasteiger partial charge in [-0.15, -0.1) is 11.3 Å². The van der Waals surface area contributed by atoms with Crippen molar-refractivity contribution in [3.05, 3.63) is 51.7 Å². The van der Waals surface area contributed by atoms with Crippen LogP contribution in [0.4, 0.5) is 0 Å². The summed E-state index contributed by atoms with van der Waals surface area (Å²) in [7, 11) is 0. The number of nitrogens with one attached hydrogen (secondary N) is 1. The number of nitrogens with zero attached hydrogens (tertiary/aromatic N) is 1. The lowest BCUT2D eigenvalue weighted by atomic mass is 10.1. The Kier molecular flexibility index (Phi) is 6.10. The van der Waals surface area contributed by atoms with Crippen LogP contribution >= 0.6 is 11.3 Å². The van der Waals surface area contributed by atoms with Gasteiger partial charge in [-0.1, -0.05) is 12.1 Å². The molecule has 0 spiro atoms. The predicted octanol–water partition coefficient (Wildman–Crippen LogP) is 3.70. The molecule has 25 heavy (non-hydrogen) atoms. The fraction of sp³-hybridized carbons (Fsp3) is 0.450. The molecule has 1 aromatic carbocycles. The third kappa shape index (κ3) is 4.83. The molecule has 0 saturated carbocycles. The van der Waals surface area contributed by atoms with Gasteiger partial charge in [0.05, 0.1) is 6.04 Å². The second kappa shape index (κ2) is 8.50. The van der Waals surface area contributed by atoms with E-state index in [0.717, 1.165) is 18.8 Å². The molecule has 2 aromatic rings. The van der Waals surface area contributed by atoms with Gasteiger partial charge in [0.1, 0.15) is 5.75 Å². The zero-order chi connectivity index (χ0) is 17.6. The van der Waals surface area contributed by atoms with Crippen molar-refractivity contribution < 1.29 is 9.53 Å². The van der Waals surface area contributed by atoms with E-state index in [1.165, 1.54) is 28.8 Å². The molecule has 1 aliphatic rings. The van der Waals surface area contributed by atoms with Crippen LogP contribution in [0, 0.1) is 13.8 Å². The number of rotatable bonds is 7. The summed E-state index contributed by atoms with van der Waals surface area (Å²) in [5.74, 6) is 0.673. The van der Waals surface area contributed by atoms with Crippen molar-refractivity contribution in [2.24, 2.45) is 0 Å². The number of carbonyl (C=O) groups is 1. The maximum absolute atomic E-state index is 12.2. The Hall–Kier alpha value is -1.85. The molecule has 4 nitrogen and oxygen atoms in total. The molecule has 3 rings (SSSR count). The monoisotopic (exact) mass is 358 g/mol. The molecule has 1 aliphatic heterocycles. The number of benzene rings is 1. The molecule has 134 valence electrons. The fourth-order valence-corrected chi connectivity index (χ4v) is 4.02. The number of hydrogen-bond donors (Lipinski definition) is 1. The van der Waals surface area contributed by atoms with Gasteiger partial charge in [-0.3, -0.25) is 9.69 Å². The van der Waals surface area contributed by atoms with Crippen LogP contribution in [0.1, 0.15) is 34.9 Å². The molecule has 1 aromatic heterocycles. The highest BCUT2D eigenvalue weighted by Crippen LogP contribution is 2.27. The second-order valence-electron chi connectivity index (χ2n) is 6.61. The lowest BCUT2D eigenvalue weighted by Gasteiger charge is -2.26. The third-order valence-corrected chi connectivity index (χ3v) is 5.77. The Morgan fingerprint density at radius 2 is 2.04 bits per heavy atom. The van der Waals surface area contributed by atoms with Crippen molar-refractivity contribution in [1.82, 2.24) is 10.2 Å². The first-order chi connectivity index (χ1) is 12.1. The minimum atomic E-state index is -0.0704. The maximum Gasteiger partial charge on any atom is 0.258 e. The number of ether oxygens (including phenoxy) is 1. The summed E-state index contributed by atoms with van der Waals surface area (Å²) in [6, 6.07) is 10.4. The van der Waals surface area contributed by atoms with Crippen molar-refractivity contribution in [3.63, 3.8) is 0 Å². The first-order valence-electron chi connectivity index (χ1n) is 8.87. The summed E-state index contributed by atoms with van der Waals surface area (Å²) < 4.78 is 5.63. The summed E-state index contributed by atoms with van der Waals surface area (Å²) in [5.41, 5.74) is 2.39. The minimum Gasteiger partial charge on any atom is -0.484 e. The second-order valence-corrected chi connectivity index (χ2v) is 7.59. The van der Waals surface area contributed by atoms with E-state index in [9.17, 15) is 4.79 Å². The first-order valence-corrected chi connectivity index (χ1v) is 9.75. The Morgan fingerprint density at radius 3 is 2.72 bits per heavy atom. The van der Waals surface area contributed by atoms with Gasteiger partial charge in [0.2, 0.25) is 0 Å². The largest absolute Gasteiger partial charge is 0.484 e. The molecule has 2 heterocycles. The molecule has 0 radical (unpaired) electrons. The Labute approximate surface area is 153 Å². The summed E-state index contributed by atoms with van der Waals surface area (Å²) in [6.07, 6.45) is 2.48. The van der Waals surface area contributed by atoms with Crippen molar-refractivity contribution in [2.75, 3.05) is 26.2 Å². The number of aryl methyl sites for hydroxylation is 2. The SMILES string of the molecule is Cc1ccc(OCC(=O)NC[C@@H](c2cccs2)N2CCCC2)cc1C. The average Bonchev–Trinajstić information content (AvgIpc) is 3.30. The predicted molar refractivity (Wildman–Crippen MR) is 102 cm³/mol. The summed E-state index contributed by atoms with van der Waals surface area (Å²) in [5, 5.41) is 5.15. The van der Waals surface area contributed by atoms with Crippen LogP contribution in [-0.2, 0) is 4.79 Å². The molecular formula is C20H26N2O2S. The zero-order valence-electron chi connectivity index (χ0n) is 15.0. The van der Waals surface area contributed by atoms with Crippen LogP contribution in [0.5, 0.6) is 5.75 Å². The van der Waals surface area contributed by atoms with Crippen LogP contribution in [0.2, 0.25) is 0 Å². The van der Waals surface area contributed by atoms with Crippen molar-refractivity contribution in [3.8, 4) is 5.75 Å². The smallest absolute Gasteiger partial charge is 0.258 e. The van der Waals surface area contributed by atoms with Crippen LogP contribution < -0.4 is 10.1 Å². The normalized spacial score (nSPS) is 15.9. The highest BCUT2D eigenvalue weighted by Gasteiger charge is 2.24. The number of hydrogen-bond acceptors (Lipinski definition) is 4. The van der Waals surface area contributed by atoms with Gasteiger partial charge in [-0.05, 0) is 74.5 Å². The van der Waals surface area contributed by atoms with Crippen molar-refractivity contribution in [1.29, 1.82) is 0 Å². The Morgan fingerprint density at radius 1 is 1.24 bits per heavy atom. The van der Waals surface area contributed by atoms with Crippen molar-refractivity contribution >= 4 is 17.2 Å². The van der Waals surface area contributed by atoms with Crippen molar-refractivity contribution in [2.45, 2.75) is 32.7 Å². The molecule has 1 amide bonds. The highest BCUT2D eigenvalue weighted by atomic mass is 32.1. The van der Waals surface area contributed by atoms with Gasteiger partial charge < -0.3 is 10.1 Å². The van der Waals surface area contributed by atoms with Crippen LogP contribution in [0.15, 0.2) is 35.7 Å². The number of carbonyl (C=O) groups excluding carboxylic acids is 1. The maximum atomic E-state index is 12.2. The number of thiophene rings is 1. The summed E-state index contributed by atoms with van der Waals surface area (Å²) >= 11 is 1.76. The van der Waals surface area contributed by atoms with E-state index >= 15 is 0 Å². The van der Waals surface area contributed by atoms with Gasteiger partial charge in [-0.2, -0.15) is 0 Å². The van der Waals surface area contributed by atoms with Crippen LogP contribution in [-0.4, -0.2) is 37.0 Å². The van der Waals surface area contributed by atoms with E-state index in [2.05, 4.69) is 34.7 Å². The zero-order valence-corrected chi connectivity index (χ0v) is 15.8. The van der Waals surface area contributed by atoms with E-state index in [1.54, 1.807) is 11.3 Å². The molecule has 0 aliphatic carbocycles. The fourth-order valence-electron chi connectivity index (χ4n) is 3.16. The Balaban J connectivity index is 1.51. The van der Waals surface area contributed by atoms with E-state index in [4.69, 9.17) is 4.74 Å².